The quantitative estimate of drug-likeness (QED) is 0.918. The number of carbonyl (C=O) groups is 1. The molecule has 7 heteroatoms. The summed E-state index contributed by atoms with van der Waals surface area (Å²) >= 11 is 0. The molecule has 0 bridgehead atoms. The van der Waals surface area contributed by atoms with E-state index < -0.39 is 18.8 Å². The fourth-order valence-electron chi connectivity index (χ4n) is 2.10. The molecule has 0 saturated carbocycles. The zero-order chi connectivity index (χ0) is 15.3. The number of nitrogens with one attached hydrogen (secondary N) is 1. The Morgan fingerprint density at radius 1 is 1.33 bits per heavy atom. The summed E-state index contributed by atoms with van der Waals surface area (Å²) in [6.07, 6.45) is -6.32. The van der Waals surface area contributed by atoms with Gasteiger partial charge in [-0.05, 0) is 5.56 Å². The van der Waals surface area contributed by atoms with Crippen molar-refractivity contribution in [3.05, 3.63) is 35.9 Å². The van der Waals surface area contributed by atoms with Gasteiger partial charge in [-0.2, -0.15) is 13.2 Å². The molecular formula is C14H17F3N2O2. The van der Waals surface area contributed by atoms with Gasteiger partial charge in [0.2, 0.25) is 5.91 Å². The summed E-state index contributed by atoms with van der Waals surface area (Å²) in [5, 5.41) is 2.94. The molecule has 1 fully saturated rings. The Kier molecular flexibility index (Phi) is 5.19. The van der Waals surface area contributed by atoms with Gasteiger partial charge in [-0.25, -0.2) is 0 Å². The molecule has 0 unspecified atom stereocenters. The average Bonchev–Trinajstić information content (AvgIpc) is 2.47. The molecule has 0 aromatic heterocycles. The lowest BCUT2D eigenvalue weighted by molar-refractivity contribution is -0.236. The van der Waals surface area contributed by atoms with Gasteiger partial charge in [-0.1, -0.05) is 30.3 Å². The Morgan fingerprint density at radius 3 is 2.71 bits per heavy atom. The van der Waals surface area contributed by atoms with E-state index in [1.54, 1.807) is 0 Å². The number of rotatable bonds is 4. The molecule has 1 aromatic carbocycles. The highest BCUT2D eigenvalue weighted by atomic mass is 19.4. The van der Waals surface area contributed by atoms with E-state index in [-0.39, 0.29) is 25.6 Å². The zero-order valence-electron chi connectivity index (χ0n) is 11.4. The van der Waals surface area contributed by atoms with E-state index in [1.165, 1.54) is 4.90 Å². The maximum absolute atomic E-state index is 12.6. The lowest BCUT2D eigenvalue weighted by Crippen LogP contribution is -2.52. The van der Waals surface area contributed by atoms with Crippen molar-refractivity contribution in [3.63, 3.8) is 0 Å². The van der Waals surface area contributed by atoms with Gasteiger partial charge in [0.15, 0.2) is 6.10 Å². The second kappa shape index (κ2) is 6.91. The van der Waals surface area contributed by atoms with Crippen LogP contribution >= 0.6 is 0 Å². The predicted octanol–water partition coefficient (Wildman–Crippen LogP) is 1.57. The van der Waals surface area contributed by atoms with Gasteiger partial charge >= 0.3 is 6.18 Å². The molecule has 1 saturated heterocycles. The molecule has 0 aliphatic carbocycles. The van der Waals surface area contributed by atoms with Crippen LogP contribution in [0.2, 0.25) is 0 Å². The van der Waals surface area contributed by atoms with E-state index in [4.69, 9.17) is 0 Å². The van der Waals surface area contributed by atoms with Gasteiger partial charge in [0, 0.05) is 13.1 Å². The number of benzene rings is 1. The molecule has 1 aliphatic heterocycles. The van der Waals surface area contributed by atoms with Crippen molar-refractivity contribution < 1.29 is 22.7 Å². The van der Waals surface area contributed by atoms with Gasteiger partial charge in [0.1, 0.15) is 0 Å². The molecule has 2 rings (SSSR count). The van der Waals surface area contributed by atoms with Crippen molar-refractivity contribution in [3.8, 4) is 0 Å². The van der Waals surface area contributed by atoms with Crippen LogP contribution in [-0.2, 0) is 16.1 Å². The van der Waals surface area contributed by atoms with Crippen molar-refractivity contribution in [2.45, 2.75) is 18.8 Å². The van der Waals surface area contributed by atoms with Crippen LogP contribution in [0.4, 0.5) is 13.2 Å². The highest BCUT2D eigenvalue weighted by Gasteiger charge is 2.44. The van der Waals surface area contributed by atoms with E-state index in [2.05, 4.69) is 10.1 Å². The summed E-state index contributed by atoms with van der Waals surface area (Å²) in [7, 11) is 0. The van der Waals surface area contributed by atoms with Gasteiger partial charge < -0.3 is 15.0 Å². The second-order valence-corrected chi connectivity index (χ2v) is 4.83. The molecule has 116 valence electrons. The van der Waals surface area contributed by atoms with Crippen molar-refractivity contribution in [1.29, 1.82) is 0 Å². The van der Waals surface area contributed by atoms with E-state index in [1.807, 2.05) is 30.3 Å². The Morgan fingerprint density at radius 2 is 2.05 bits per heavy atom. The predicted molar refractivity (Wildman–Crippen MR) is 70.5 cm³/mol. The summed E-state index contributed by atoms with van der Waals surface area (Å²) < 4.78 is 42.4. The topological polar surface area (TPSA) is 41.6 Å². The molecule has 0 spiro atoms. The van der Waals surface area contributed by atoms with Crippen LogP contribution in [0.5, 0.6) is 0 Å². The minimum atomic E-state index is -4.43. The van der Waals surface area contributed by atoms with Gasteiger partial charge in [0.05, 0.1) is 19.7 Å². The summed E-state index contributed by atoms with van der Waals surface area (Å²) in [5.74, 6) is -0.344. The number of carbonyl (C=O) groups excluding carboxylic acids is 1. The lowest BCUT2D eigenvalue weighted by Gasteiger charge is -2.33. The van der Waals surface area contributed by atoms with Crippen molar-refractivity contribution >= 4 is 5.91 Å². The summed E-state index contributed by atoms with van der Waals surface area (Å²) in [6.45, 7) is 0.182. The van der Waals surface area contributed by atoms with Crippen LogP contribution in [0.1, 0.15) is 5.56 Å². The van der Waals surface area contributed by atoms with Gasteiger partial charge in [-0.15, -0.1) is 0 Å². The van der Waals surface area contributed by atoms with Crippen LogP contribution in [-0.4, -0.2) is 49.3 Å². The Hall–Kier alpha value is -1.60. The van der Waals surface area contributed by atoms with Crippen LogP contribution in [0.3, 0.4) is 0 Å². The van der Waals surface area contributed by atoms with Gasteiger partial charge in [0.25, 0.3) is 0 Å². The molecule has 1 atom stereocenters. The van der Waals surface area contributed by atoms with E-state index >= 15 is 0 Å². The number of alkyl halides is 3. The Labute approximate surface area is 120 Å². The minimum absolute atomic E-state index is 0.0134. The van der Waals surface area contributed by atoms with Crippen molar-refractivity contribution in [1.82, 2.24) is 10.2 Å². The minimum Gasteiger partial charge on any atom is -0.365 e. The summed E-state index contributed by atoms with van der Waals surface area (Å²) in [5.41, 5.74) is 1.01. The maximum Gasteiger partial charge on any atom is 0.416 e. The highest BCUT2D eigenvalue weighted by molar-refractivity contribution is 5.78. The second-order valence-electron chi connectivity index (χ2n) is 4.83. The molecule has 0 radical (unpaired) electrons. The first-order valence-corrected chi connectivity index (χ1v) is 6.67. The third-order valence-corrected chi connectivity index (χ3v) is 3.23. The molecule has 1 aliphatic rings. The first kappa shape index (κ1) is 15.8. The van der Waals surface area contributed by atoms with E-state index in [9.17, 15) is 18.0 Å². The normalized spacial score (nSPS) is 19.6. The first-order valence-electron chi connectivity index (χ1n) is 6.67. The van der Waals surface area contributed by atoms with E-state index in [0.29, 0.717) is 6.54 Å². The fraction of sp³-hybridized carbons (Fsp3) is 0.500. The number of ether oxygens (including phenoxy) is 1. The maximum atomic E-state index is 12.6. The highest BCUT2D eigenvalue weighted by Crippen LogP contribution is 2.25. The number of hydrogen-bond donors (Lipinski definition) is 1. The van der Waals surface area contributed by atoms with Crippen molar-refractivity contribution in [2.24, 2.45) is 0 Å². The van der Waals surface area contributed by atoms with Crippen molar-refractivity contribution in [2.75, 3.05) is 26.2 Å². The standard InChI is InChI=1S/C14H17F3N2O2/c15-14(16,17)12-10-19(6-7-21-12)13(20)9-18-8-11-4-2-1-3-5-11/h1-5,12,18H,6-10H2/t12-/m1/s1. The molecule has 1 amide bonds. The monoisotopic (exact) mass is 302 g/mol. The largest absolute Gasteiger partial charge is 0.416 e. The zero-order valence-corrected chi connectivity index (χ0v) is 11.4. The molecule has 4 nitrogen and oxygen atoms in total. The lowest BCUT2D eigenvalue weighted by atomic mass is 10.2. The third-order valence-electron chi connectivity index (χ3n) is 3.23. The van der Waals surface area contributed by atoms with E-state index in [0.717, 1.165) is 5.56 Å². The number of amides is 1. The third kappa shape index (κ3) is 4.71. The van der Waals surface area contributed by atoms with Crippen LogP contribution in [0.25, 0.3) is 0 Å². The first-order chi connectivity index (χ1) is 9.97. The summed E-state index contributed by atoms with van der Waals surface area (Å²) in [4.78, 5) is 13.1. The molecular weight excluding hydrogens is 285 g/mol. The van der Waals surface area contributed by atoms with Crippen LogP contribution in [0.15, 0.2) is 30.3 Å². The number of nitrogens with zero attached hydrogens (tertiary/aromatic N) is 1. The van der Waals surface area contributed by atoms with Crippen LogP contribution in [0, 0.1) is 0 Å². The Bertz CT molecular complexity index is 465. The number of hydrogen-bond acceptors (Lipinski definition) is 3. The molecule has 1 N–H and O–H groups in total. The molecule has 1 heterocycles. The molecule has 1 aromatic rings. The average molecular weight is 302 g/mol. The number of morpholine rings is 1. The summed E-state index contributed by atoms with van der Waals surface area (Å²) in [6, 6.07) is 9.47. The number of halogens is 3. The SMILES string of the molecule is O=C(CNCc1ccccc1)N1CCO[C@@H](C(F)(F)F)C1. The fourth-order valence-corrected chi connectivity index (χ4v) is 2.10. The van der Waals surface area contributed by atoms with Crippen LogP contribution < -0.4 is 5.32 Å². The molecule has 21 heavy (non-hydrogen) atoms. The van der Waals surface area contributed by atoms with Gasteiger partial charge in [-0.3, -0.25) is 4.79 Å². The smallest absolute Gasteiger partial charge is 0.365 e. The Balaban J connectivity index is 1.78.